The number of rotatable bonds is 4. The first kappa shape index (κ1) is 14.7. The van der Waals surface area contributed by atoms with Crippen LogP contribution in [0, 0.1) is 6.92 Å². The number of aldehydes is 1. The summed E-state index contributed by atoms with van der Waals surface area (Å²) in [6.07, 6.45) is 1.72. The smallest absolute Gasteiger partial charge is 0.311 e. The molecule has 0 bridgehead atoms. The highest BCUT2D eigenvalue weighted by atomic mass is 16.4. The summed E-state index contributed by atoms with van der Waals surface area (Å²) < 4.78 is 5.03. The molecule has 0 unspecified atom stereocenters. The Labute approximate surface area is 133 Å². The van der Waals surface area contributed by atoms with E-state index in [2.05, 4.69) is 10.3 Å². The Balaban J connectivity index is 1.89. The molecule has 0 saturated heterocycles. The van der Waals surface area contributed by atoms with Crippen molar-refractivity contribution in [2.45, 2.75) is 6.92 Å². The molecule has 2 aromatic carbocycles. The first-order valence-corrected chi connectivity index (χ1v) is 7.06. The van der Waals surface area contributed by atoms with Gasteiger partial charge in [0.2, 0.25) is 0 Å². The minimum Gasteiger partial charge on any atom is -0.429 e. The number of anilines is 1. The lowest BCUT2D eigenvalue weighted by atomic mass is 9.99. The fourth-order valence-corrected chi connectivity index (χ4v) is 2.32. The van der Waals surface area contributed by atoms with Crippen molar-refractivity contribution < 1.29 is 14.0 Å². The molecule has 5 nitrogen and oxygen atoms in total. The molecule has 0 aliphatic heterocycles. The van der Waals surface area contributed by atoms with Gasteiger partial charge in [-0.05, 0) is 29.7 Å². The first-order chi connectivity index (χ1) is 11.2. The number of aromatic nitrogens is 1. The van der Waals surface area contributed by atoms with Crippen LogP contribution in [-0.4, -0.2) is 17.2 Å². The summed E-state index contributed by atoms with van der Waals surface area (Å²) in [5, 5.41) is 2.76. The van der Waals surface area contributed by atoms with E-state index in [0.29, 0.717) is 12.0 Å². The van der Waals surface area contributed by atoms with Gasteiger partial charge in [0.1, 0.15) is 0 Å². The molecule has 23 heavy (non-hydrogen) atoms. The van der Waals surface area contributed by atoms with Gasteiger partial charge in [-0.25, -0.2) is 4.98 Å². The highest BCUT2D eigenvalue weighted by Crippen LogP contribution is 2.28. The van der Waals surface area contributed by atoms with Crippen LogP contribution in [0.5, 0.6) is 0 Å². The molecule has 0 fully saturated rings. The van der Waals surface area contributed by atoms with Crippen molar-refractivity contribution in [3.8, 4) is 11.1 Å². The summed E-state index contributed by atoms with van der Waals surface area (Å²) in [6, 6.07) is 15.6. The molecule has 0 aliphatic rings. The molecule has 0 saturated carbocycles. The maximum Gasteiger partial charge on any atom is 0.311 e. The van der Waals surface area contributed by atoms with E-state index in [9.17, 15) is 9.59 Å². The zero-order chi connectivity index (χ0) is 16.2. The van der Waals surface area contributed by atoms with Crippen molar-refractivity contribution in [2.75, 3.05) is 5.32 Å². The van der Waals surface area contributed by atoms with Gasteiger partial charge in [-0.15, -0.1) is 0 Å². The standard InChI is InChI=1S/C18H14N2O3/c1-12-15(13-6-3-2-4-7-13)8-5-9-16(12)20-17(22)18-19-10-14(11-21)23-18/h2-11H,1H3,(H,20,22). The Morgan fingerprint density at radius 1 is 1.13 bits per heavy atom. The average molecular weight is 306 g/mol. The van der Waals surface area contributed by atoms with Gasteiger partial charge < -0.3 is 9.73 Å². The van der Waals surface area contributed by atoms with Gasteiger partial charge in [-0.2, -0.15) is 0 Å². The van der Waals surface area contributed by atoms with E-state index in [0.717, 1.165) is 16.7 Å². The van der Waals surface area contributed by atoms with Gasteiger partial charge in [0.05, 0.1) is 6.20 Å². The predicted octanol–water partition coefficient (Wildman–Crippen LogP) is 3.71. The Kier molecular flexibility index (Phi) is 4.01. The number of oxazole rings is 1. The van der Waals surface area contributed by atoms with Crippen LogP contribution >= 0.6 is 0 Å². The number of hydrogen-bond acceptors (Lipinski definition) is 4. The van der Waals surface area contributed by atoms with Crippen LogP contribution in [0.4, 0.5) is 5.69 Å². The molecule has 3 aromatic rings. The number of nitrogens with one attached hydrogen (secondary N) is 1. The van der Waals surface area contributed by atoms with Gasteiger partial charge in [0, 0.05) is 5.69 Å². The molecule has 1 heterocycles. The van der Waals surface area contributed by atoms with E-state index in [1.807, 2.05) is 55.5 Å². The lowest BCUT2D eigenvalue weighted by Gasteiger charge is -2.11. The van der Waals surface area contributed by atoms with Crippen LogP contribution in [0.3, 0.4) is 0 Å². The number of nitrogens with zero attached hydrogens (tertiary/aromatic N) is 1. The van der Waals surface area contributed by atoms with Crippen molar-refractivity contribution >= 4 is 17.9 Å². The molecular formula is C18H14N2O3. The highest BCUT2D eigenvalue weighted by molar-refractivity contribution is 6.02. The minimum atomic E-state index is -0.494. The molecule has 5 heteroatoms. The number of carbonyl (C=O) groups is 2. The summed E-state index contributed by atoms with van der Waals surface area (Å²) in [5.41, 5.74) is 3.71. The van der Waals surface area contributed by atoms with E-state index in [1.54, 1.807) is 0 Å². The number of amides is 1. The number of carbonyl (C=O) groups excluding carboxylic acids is 2. The second-order valence-corrected chi connectivity index (χ2v) is 4.98. The summed E-state index contributed by atoms with van der Waals surface area (Å²) >= 11 is 0. The topological polar surface area (TPSA) is 72.2 Å². The molecular weight excluding hydrogens is 292 g/mol. The Morgan fingerprint density at radius 2 is 1.91 bits per heavy atom. The van der Waals surface area contributed by atoms with Crippen LogP contribution in [0.1, 0.15) is 26.8 Å². The van der Waals surface area contributed by atoms with Crippen LogP contribution in [-0.2, 0) is 0 Å². The predicted molar refractivity (Wildman–Crippen MR) is 86.5 cm³/mol. The monoisotopic (exact) mass is 306 g/mol. The highest BCUT2D eigenvalue weighted by Gasteiger charge is 2.15. The normalized spacial score (nSPS) is 10.3. The maximum absolute atomic E-state index is 12.2. The molecule has 0 atom stereocenters. The second kappa shape index (κ2) is 6.27. The lowest BCUT2D eigenvalue weighted by Crippen LogP contribution is -2.13. The number of benzene rings is 2. The summed E-state index contributed by atoms with van der Waals surface area (Å²) in [4.78, 5) is 26.5. The molecule has 1 N–H and O–H groups in total. The van der Waals surface area contributed by atoms with Gasteiger partial charge in [-0.1, -0.05) is 42.5 Å². The largest absolute Gasteiger partial charge is 0.429 e. The Hall–Kier alpha value is -3.21. The first-order valence-electron chi connectivity index (χ1n) is 7.06. The second-order valence-electron chi connectivity index (χ2n) is 4.98. The summed E-state index contributed by atoms with van der Waals surface area (Å²) in [6.45, 7) is 1.93. The maximum atomic E-state index is 12.2. The van der Waals surface area contributed by atoms with Gasteiger partial charge in [0.15, 0.2) is 12.0 Å². The number of hydrogen-bond donors (Lipinski definition) is 1. The van der Waals surface area contributed by atoms with Gasteiger partial charge in [-0.3, -0.25) is 9.59 Å². The van der Waals surface area contributed by atoms with Crippen molar-refractivity contribution in [1.29, 1.82) is 0 Å². The zero-order valence-corrected chi connectivity index (χ0v) is 12.4. The van der Waals surface area contributed by atoms with Crippen molar-refractivity contribution in [2.24, 2.45) is 0 Å². The quantitative estimate of drug-likeness (QED) is 0.746. The van der Waals surface area contributed by atoms with E-state index >= 15 is 0 Å². The third-order valence-corrected chi connectivity index (χ3v) is 3.50. The molecule has 1 amide bonds. The van der Waals surface area contributed by atoms with Gasteiger partial charge >= 0.3 is 5.91 Å². The van der Waals surface area contributed by atoms with Crippen LogP contribution < -0.4 is 5.32 Å². The van der Waals surface area contributed by atoms with E-state index in [4.69, 9.17) is 4.42 Å². The van der Waals surface area contributed by atoms with Gasteiger partial charge in [0.25, 0.3) is 5.89 Å². The molecule has 0 aliphatic carbocycles. The molecule has 1 aromatic heterocycles. The van der Waals surface area contributed by atoms with E-state index in [-0.39, 0.29) is 11.7 Å². The molecule has 3 rings (SSSR count). The van der Waals surface area contributed by atoms with Crippen LogP contribution in [0.2, 0.25) is 0 Å². The van der Waals surface area contributed by atoms with Crippen LogP contribution in [0.15, 0.2) is 59.1 Å². The van der Waals surface area contributed by atoms with Crippen molar-refractivity contribution in [3.05, 3.63) is 71.9 Å². The Morgan fingerprint density at radius 3 is 2.61 bits per heavy atom. The Bertz CT molecular complexity index is 854. The van der Waals surface area contributed by atoms with E-state index < -0.39 is 5.91 Å². The van der Waals surface area contributed by atoms with Crippen LogP contribution in [0.25, 0.3) is 11.1 Å². The zero-order valence-electron chi connectivity index (χ0n) is 12.4. The molecule has 114 valence electrons. The third kappa shape index (κ3) is 3.03. The summed E-state index contributed by atoms with van der Waals surface area (Å²) in [7, 11) is 0. The minimum absolute atomic E-state index is 0.0184. The molecule has 0 radical (unpaired) electrons. The average Bonchev–Trinajstić information content (AvgIpc) is 3.07. The van der Waals surface area contributed by atoms with E-state index in [1.165, 1.54) is 6.20 Å². The fourth-order valence-electron chi connectivity index (χ4n) is 2.32. The molecule has 0 spiro atoms. The van der Waals surface area contributed by atoms with Crippen molar-refractivity contribution in [1.82, 2.24) is 4.98 Å². The summed E-state index contributed by atoms with van der Waals surface area (Å²) in [5.74, 6) is -0.618. The lowest BCUT2D eigenvalue weighted by molar-refractivity contribution is 0.0986. The third-order valence-electron chi connectivity index (χ3n) is 3.50. The SMILES string of the molecule is Cc1c(NC(=O)c2ncc(C=O)o2)cccc1-c1ccccc1. The van der Waals surface area contributed by atoms with Crippen molar-refractivity contribution in [3.63, 3.8) is 0 Å². The fraction of sp³-hybridized carbons (Fsp3) is 0.0556.